The zero-order valence-corrected chi connectivity index (χ0v) is 11.0. The minimum atomic E-state index is -0.557. The molecule has 0 aromatic rings. The number of primary amides is 1. The maximum atomic E-state index is 11.7. The van der Waals surface area contributed by atoms with Crippen LogP contribution in [0.2, 0.25) is 0 Å². The van der Waals surface area contributed by atoms with Gasteiger partial charge in [-0.2, -0.15) is 0 Å². The molecule has 0 aliphatic heterocycles. The van der Waals surface area contributed by atoms with Gasteiger partial charge in [0.15, 0.2) is 0 Å². The predicted octanol–water partition coefficient (Wildman–Crippen LogP) is 0.857. The van der Waals surface area contributed by atoms with Crippen LogP contribution < -0.4 is 11.1 Å². The Kier molecular flexibility index (Phi) is 3.73. The maximum absolute atomic E-state index is 11.7. The third-order valence-electron chi connectivity index (χ3n) is 3.74. The van der Waals surface area contributed by atoms with Gasteiger partial charge in [0.1, 0.15) is 5.54 Å². The predicted molar refractivity (Wildman–Crippen MR) is 68.6 cm³/mol. The van der Waals surface area contributed by atoms with Gasteiger partial charge in [-0.3, -0.25) is 15.0 Å². The Balaban J connectivity index is 1.96. The fraction of sp³-hybridized carbons (Fsp3) is 0.923. The molecule has 4 heteroatoms. The number of nitrogens with one attached hydrogen (secondary N) is 1. The molecule has 0 saturated heterocycles. The van der Waals surface area contributed by atoms with Crippen LogP contribution in [0.3, 0.4) is 0 Å². The molecule has 2 saturated carbocycles. The number of hydrogen-bond donors (Lipinski definition) is 2. The lowest BCUT2D eigenvalue weighted by Crippen LogP contribution is -2.60. The Bertz CT molecular complexity index is 286. The lowest BCUT2D eigenvalue weighted by atomic mass is 10.00. The van der Waals surface area contributed by atoms with E-state index in [4.69, 9.17) is 5.73 Å². The van der Waals surface area contributed by atoms with Gasteiger partial charge in [0.25, 0.3) is 0 Å². The van der Waals surface area contributed by atoms with E-state index in [0.29, 0.717) is 12.1 Å². The molecule has 0 heterocycles. The molecule has 17 heavy (non-hydrogen) atoms. The average Bonchev–Trinajstić information content (AvgIpc) is 3.11. The van der Waals surface area contributed by atoms with Gasteiger partial charge in [-0.25, -0.2) is 0 Å². The molecule has 0 aromatic carbocycles. The second kappa shape index (κ2) is 4.94. The summed E-state index contributed by atoms with van der Waals surface area (Å²) < 4.78 is 0. The van der Waals surface area contributed by atoms with Crippen molar-refractivity contribution in [2.45, 2.75) is 63.6 Å². The van der Waals surface area contributed by atoms with Crippen LogP contribution in [-0.4, -0.2) is 41.5 Å². The molecule has 0 spiro atoms. The normalized spacial score (nSPS) is 23.7. The Labute approximate surface area is 104 Å². The van der Waals surface area contributed by atoms with Crippen molar-refractivity contribution in [1.29, 1.82) is 0 Å². The molecule has 3 N–H and O–H groups in total. The van der Waals surface area contributed by atoms with E-state index >= 15 is 0 Å². The Hall–Kier alpha value is -0.610. The minimum absolute atomic E-state index is 0.217. The van der Waals surface area contributed by atoms with Crippen LogP contribution in [0.4, 0.5) is 0 Å². The van der Waals surface area contributed by atoms with Crippen molar-refractivity contribution >= 4 is 5.91 Å². The van der Waals surface area contributed by atoms with Crippen LogP contribution in [0.1, 0.15) is 46.0 Å². The fourth-order valence-electron chi connectivity index (χ4n) is 2.40. The van der Waals surface area contributed by atoms with Crippen LogP contribution in [0.25, 0.3) is 0 Å². The van der Waals surface area contributed by atoms with Gasteiger partial charge in [0.05, 0.1) is 0 Å². The molecule has 1 atom stereocenters. The summed E-state index contributed by atoms with van der Waals surface area (Å²) in [6.45, 7) is 5.97. The molecule has 1 amide bonds. The molecule has 2 fully saturated rings. The van der Waals surface area contributed by atoms with Crippen molar-refractivity contribution < 1.29 is 4.79 Å². The van der Waals surface area contributed by atoms with Gasteiger partial charge in [-0.05, 0) is 45.6 Å². The van der Waals surface area contributed by atoms with E-state index in [1.807, 2.05) is 6.92 Å². The highest BCUT2D eigenvalue weighted by atomic mass is 16.1. The number of rotatable bonds is 8. The lowest BCUT2D eigenvalue weighted by molar-refractivity contribution is -0.124. The van der Waals surface area contributed by atoms with Crippen molar-refractivity contribution in [3.05, 3.63) is 0 Å². The van der Waals surface area contributed by atoms with E-state index in [2.05, 4.69) is 17.1 Å². The molecule has 2 aliphatic carbocycles. The van der Waals surface area contributed by atoms with E-state index in [1.165, 1.54) is 25.7 Å². The summed E-state index contributed by atoms with van der Waals surface area (Å²) in [5.74, 6) is -0.217. The minimum Gasteiger partial charge on any atom is -0.368 e. The van der Waals surface area contributed by atoms with Crippen molar-refractivity contribution in [1.82, 2.24) is 10.2 Å². The molecule has 4 nitrogen and oxygen atoms in total. The smallest absolute Gasteiger partial charge is 0.238 e. The molecule has 2 aliphatic rings. The number of nitrogens with two attached hydrogens (primary N) is 1. The van der Waals surface area contributed by atoms with Gasteiger partial charge in [-0.15, -0.1) is 0 Å². The molecule has 0 radical (unpaired) electrons. The second-order valence-electron chi connectivity index (χ2n) is 5.82. The molecule has 98 valence electrons. The highest BCUT2D eigenvalue weighted by molar-refractivity contribution is 5.84. The van der Waals surface area contributed by atoms with Crippen LogP contribution in [0.15, 0.2) is 0 Å². The summed E-state index contributed by atoms with van der Waals surface area (Å²) in [7, 11) is 0. The van der Waals surface area contributed by atoms with E-state index in [1.54, 1.807) is 0 Å². The van der Waals surface area contributed by atoms with Crippen LogP contribution in [-0.2, 0) is 4.79 Å². The van der Waals surface area contributed by atoms with E-state index in [9.17, 15) is 4.79 Å². The highest BCUT2D eigenvalue weighted by Crippen LogP contribution is 2.29. The average molecular weight is 239 g/mol. The van der Waals surface area contributed by atoms with Gasteiger partial charge >= 0.3 is 0 Å². The van der Waals surface area contributed by atoms with Crippen LogP contribution >= 0.6 is 0 Å². The Morgan fingerprint density at radius 3 is 2.47 bits per heavy atom. The number of amides is 1. The molecular formula is C13H25N3O. The molecule has 0 bridgehead atoms. The lowest BCUT2D eigenvalue weighted by Gasteiger charge is -2.34. The SMILES string of the molecule is CCCN(CC(C)(NC1CC1)C(N)=O)C1CC1. The zero-order valence-electron chi connectivity index (χ0n) is 11.0. The molecule has 1 unspecified atom stereocenters. The van der Waals surface area contributed by atoms with Crippen LogP contribution in [0.5, 0.6) is 0 Å². The fourth-order valence-corrected chi connectivity index (χ4v) is 2.40. The third kappa shape index (κ3) is 3.42. The Morgan fingerprint density at radius 1 is 1.41 bits per heavy atom. The molecular weight excluding hydrogens is 214 g/mol. The summed E-state index contributed by atoms with van der Waals surface area (Å²) in [6, 6.07) is 1.20. The van der Waals surface area contributed by atoms with Gasteiger partial charge in [0.2, 0.25) is 5.91 Å². The van der Waals surface area contributed by atoms with Crippen molar-refractivity contribution in [2.24, 2.45) is 5.73 Å². The van der Waals surface area contributed by atoms with Gasteiger partial charge in [0, 0.05) is 18.6 Å². The topological polar surface area (TPSA) is 58.4 Å². The van der Waals surface area contributed by atoms with E-state index in [-0.39, 0.29) is 5.91 Å². The Morgan fingerprint density at radius 2 is 2.06 bits per heavy atom. The van der Waals surface area contributed by atoms with Gasteiger partial charge in [-0.1, -0.05) is 6.92 Å². The number of hydrogen-bond acceptors (Lipinski definition) is 3. The first kappa shape index (κ1) is 12.8. The quantitative estimate of drug-likeness (QED) is 0.660. The van der Waals surface area contributed by atoms with E-state index < -0.39 is 5.54 Å². The van der Waals surface area contributed by atoms with Gasteiger partial charge < -0.3 is 5.73 Å². The standard InChI is InChI=1S/C13H25N3O/c1-3-8-16(11-6-7-11)9-13(2,12(14)17)15-10-4-5-10/h10-11,15H,3-9H2,1-2H3,(H2,14,17). The summed E-state index contributed by atoms with van der Waals surface area (Å²) in [5, 5.41) is 3.42. The molecule has 0 aromatic heterocycles. The van der Waals surface area contributed by atoms with Crippen molar-refractivity contribution in [2.75, 3.05) is 13.1 Å². The summed E-state index contributed by atoms with van der Waals surface area (Å²) in [5.41, 5.74) is 5.03. The second-order valence-corrected chi connectivity index (χ2v) is 5.82. The van der Waals surface area contributed by atoms with Crippen molar-refractivity contribution in [3.8, 4) is 0 Å². The first-order chi connectivity index (χ1) is 8.05. The largest absolute Gasteiger partial charge is 0.368 e. The molecule has 2 rings (SSSR count). The highest BCUT2D eigenvalue weighted by Gasteiger charge is 2.41. The first-order valence-corrected chi connectivity index (χ1v) is 6.87. The summed E-state index contributed by atoms with van der Waals surface area (Å²) >= 11 is 0. The number of carbonyl (C=O) groups excluding carboxylic acids is 1. The first-order valence-electron chi connectivity index (χ1n) is 6.87. The zero-order chi connectivity index (χ0) is 12.5. The summed E-state index contributed by atoms with van der Waals surface area (Å²) in [6.07, 6.45) is 6.05. The monoisotopic (exact) mass is 239 g/mol. The maximum Gasteiger partial charge on any atom is 0.238 e. The van der Waals surface area contributed by atoms with Crippen molar-refractivity contribution in [3.63, 3.8) is 0 Å². The third-order valence-corrected chi connectivity index (χ3v) is 3.74. The van der Waals surface area contributed by atoms with E-state index in [0.717, 1.165) is 19.5 Å². The summed E-state index contributed by atoms with van der Waals surface area (Å²) in [4.78, 5) is 14.1. The number of carbonyl (C=O) groups is 1. The van der Waals surface area contributed by atoms with Crippen LogP contribution in [0, 0.1) is 0 Å². The number of nitrogens with zero attached hydrogens (tertiary/aromatic N) is 1.